The Bertz CT molecular complexity index is 674. The van der Waals surface area contributed by atoms with Crippen molar-refractivity contribution in [2.45, 2.75) is 13.8 Å². The van der Waals surface area contributed by atoms with Gasteiger partial charge in [0.2, 0.25) is 0 Å². The molecule has 0 radical (unpaired) electrons. The second kappa shape index (κ2) is 6.21. The summed E-state index contributed by atoms with van der Waals surface area (Å²) in [4.78, 5) is 10.9. The first-order valence-electron chi connectivity index (χ1n) is 6.57. The molecule has 0 atom stereocenters. The average molecular weight is 289 g/mol. The van der Waals surface area contributed by atoms with E-state index in [1.54, 1.807) is 24.3 Å². The number of hydrogen-bond donors (Lipinski definition) is 2. The number of aryl methyl sites for hydroxylation is 1. The fourth-order valence-corrected chi connectivity index (χ4v) is 2.05. The standard InChI is InChI=1S/C15H16FN3O2/c1-3-17-12-5-4-6-13(15(12)19(20)21)18-14-9-11(16)8-7-10(14)2/h4-9,17-18H,3H2,1-2H3. The lowest BCUT2D eigenvalue weighted by Gasteiger charge is -2.12. The number of nitrogens with one attached hydrogen (secondary N) is 2. The smallest absolute Gasteiger partial charge is 0.315 e. The molecule has 0 aromatic heterocycles. The van der Waals surface area contributed by atoms with Crippen molar-refractivity contribution >= 4 is 22.7 Å². The highest BCUT2D eigenvalue weighted by molar-refractivity contribution is 5.80. The van der Waals surface area contributed by atoms with Gasteiger partial charge in [0, 0.05) is 12.2 Å². The lowest BCUT2D eigenvalue weighted by atomic mass is 10.1. The molecule has 0 aliphatic heterocycles. The summed E-state index contributed by atoms with van der Waals surface area (Å²) in [6, 6.07) is 9.25. The number of nitrogens with zero attached hydrogens (tertiary/aromatic N) is 1. The molecule has 2 aromatic rings. The molecule has 21 heavy (non-hydrogen) atoms. The second-order valence-electron chi connectivity index (χ2n) is 4.57. The van der Waals surface area contributed by atoms with E-state index in [2.05, 4.69) is 10.6 Å². The zero-order valence-corrected chi connectivity index (χ0v) is 11.8. The van der Waals surface area contributed by atoms with Gasteiger partial charge in [-0.1, -0.05) is 12.1 Å². The average Bonchev–Trinajstić information content (AvgIpc) is 2.43. The Kier molecular flexibility index (Phi) is 4.37. The Hall–Kier alpha value is -2.63. The predicted octanol–water partition coefficient (Wildman–Crippen LogP) is 4.22. The van der Waals surface area contributed by atoms with Gasteiger partial charge in [-0.2, -0.15) is 0 Å². The van der Waals surface area contributed by atoms with Crippen LogP contribution in [0.15, 0.2) is 36.4 Å². The summed E-state index contributed by atoms with van der Waals surface area (Å²) in [5, 5.41) is 17.2. The number of anilines is 3. The van der Waals surface area contributed by atoms with Crippen LogP contribution < -0.4 is 10.6 Å². The van der Waals surface area contributed by atoms with E-state index < -0.39 is 10.7 Å². The molecule has 0 aliphatic rings. The first-order valence-corrected chi connectivity index (χ1v) is 6.57. The Morgan fingerprint density at radius 1 is 1.19 bits per heavy atom. The fourth-order valence-electron chi connectivity index (χ4n) is 2.05. The van der Waals surface area contributed by atoms with E-state index in [9.17, 15) is 14.5 Å². The minimum absolute atomic E-state index is 0.0528. The minimum Gasteiger partial charge on any atom is -0.380 e. The first-order chi connectivity index (χ1) is 10.0. The van der Waals surface area contributed by atoms with E-state index >= 15 is 0 Å². The summed E-state index contributed by atoms with van der Waals surface area (Å²) < 4.78 is 13.3. The molecule has 2 rings (SSSR count). The van der Waals surface area contributed by atoms with Gasteiger partial charge in [-0.25, -0.2) is 4.39 Å². The van der Waals surface area contributed by atoms with Crippen LogP contribution in [-0.2, 0) is 0 Å². The summed E-state index contributed by atoms with van der Waals surface area (Å²) in [5.41, 5.74) is 2.02. The van der Waals surface area contributed by atoms with Crippen LogP contribution in [0.4, 0.5) is 27.1 Å². The van der Waals surface area contributed by atoms with Gasteiger partial charge in [0.1, 0.15) is 17.2 Å². The van der Waals surface area contributed by atoms with Crippen molar-refractivity contribution in [2.24, 2.45) is 0 Å². The number of nitro benzene ring substituents is 1. The first kappa shape index (κ1) is 14.8. The molecule has 2 N–H and O–H groups in total. The molecule has 0 saturated heterocycles. The maximum Gasteiger partial charge on any atom is 0.315 e. The maximum absolute atomic E-state index is 13.3. The molecular formula is C15H16FN3O2. The minimum atomic E-state index is -0.449. The van der Waals surface area contributed by atoms with Crippen LogP contribution in [0.25, 0.3) is 0 Å². The summed E-state index contributed by atoms with van der Waals surface area (Å²) in [5.74, 6) is -0.395. The van der Waals surface area contributed by atoms with Crippen molar-refractivity contribution in [1.29, 1.82) is 0 Å². The fraction of sp³-hybridized carbons (Fsp3) is 0.200. The van der Waals surface area contributed by atoms with Gasteiger partial charge in [0.25, 0.3) is 0 Å². The number of rotatable bonds is 5. The molecule has 0 aliphatic carbocycles. The van der Waals surface area contributed by atoms with E-state index in [1.165, 1.54) is 12.1 Å². The van der Waals surface area contributed by atoms with E-state index in [1.807, 2.05) is 13.8 Å². The van der Waals surface area contributed by atoms with E-state index in [-0.39, 0.29) is 5.69 Å². The molecule has 0 spiro atoms. The number of hydrogen-bond acceptors (Lipinski definition) is 4. The van der Waals surface area contributed by atoms with Gasteiger partial charge in [-0.05, 0) is 43.7 Å². The lowest BCUT2D eigenvalue weighted by Crippen LogP contribution is -2.04. The number of para-hydroxylation sites is 1. The third-order valence-corrected chi connectivity index (χ3v) is 3.05. The molecular weight excluding hydrogens is 273 g/mol. The van der Waals surface area contributed by atoms with Crippen LogP contribution in [0.5, 0.6) is 0 Å². The van der Waals surface area contributed by atoms with E-state index in [0.717, 1.165) is 5.56 Å². The van der Waals surface area contributed by atoms with Gasteiger partial charge in [0.15, 0.2) is 0 Å². The van der Waals surface area contributed by atoms with Gasteiger partial charge in [0.05, 0.1) is 4.92 Å². The Balaban J connectivity index is 2.46. The molecule has 0 saturated carbocycles. The topological polar surface area (TPSA) is 67.2 Å². The summed E-state index contributed by atoms with van der Waals surface area (Å²) >= 11 is 0. The molecule has 6 heteroatoms. The second-order valence-corrected chi connectivity index (χ2v) is 4.57. The van der Waals surface area contributed by atoms with Crippen molar-refractivity contribution < 1.29 is 9.31 Å². The predicted molar refractivity (Wildman–Crippen MR) is 81.7 cm³/mol. The molecule has 5 nitrogen and oxygen atoms in total. The van der Waals surface area contributed by atoms with Crippen molar-refractivity contribution in [3.8, 4) is 0 Å². The Morgan fingerprint density at radius 2 is 1.90 bits per heavy atom. The van der Waals surface area contributed by atoms with Crippen LogP contribution >= 0.6 is 0 Å². The quantitative estimate of drug-likeness (QED) is 0.639. The van der Waals surface area contributed by atoms with E-state index in [0.29, 0.717) is 23.6 Å². The molecule has 0 fully saturated rings. The summed E-state index contributed by atoms with van der Waals surface area (Å²) in [6.07, 6.45) is 0. The SMILES string of the molecule is CCNc1cccc(Nc2cc(F)ccc2C)c1[N+](=O)[O-]. The Morgan fingerprint density at radius 3 is 2.57 bits per heavy atom. The molecule has 0 amide bonds. The molecule has 2 aromatic carbocycles. The zero-order valence-electron chi connectivity index (χ0n) is 11.8. The molecule has 0 bridgehead atoms. The van der Waals surface area contributed by atoms with Crippen molar-refractivity contribution in [3.05, 3.63) is 57.9 Å². The summed E-state index contributed by atoms with van der Waals surface area (Å²) in [6.45, 7) is 4.24. The van der Waals surface area contributed by atoms with Crippen molar-refractivity contribution in [2.75, 3.05) is 17.2 Å². The van der Waals surface area contributed by atoms with Crippen molar-refractivity contribution in [1.82, 2.24) is 0 Å². The van der Waals surface area contributed by atoms with Crippen LogP contribution in [0.1, 0.15) is 12.5 Å². The van der Waals surface area contributed by atoms with Gasteiger partial charge in [-0.3, -0.25) is 10.1 Å². The third-order valence-electron chi connectivity index (χ3n) is 3.05. The highest BCUT2D eigenvalue weighted by atomic mass is 19.1. The van der Waals surface area contributed by atoms with Crippen LogP contribution in [0.3, 0.4) is 0 Å². The third kappa shape index (κ3) is 3.28. The molecule has 0 heterocycles. The van der Waals surface area contributed by atoms with Gasteiger partial charge in [-0.15, -0.1) is 0 Å². The van der Waals surface area contributed by atoms with E-state index in [4.69, 9.17) is 0 Å². The van der Waals surface area contributed by atoms with Gasteiger partial charge < -0.3 is 10.6 Å². The molecule has 110 valence electrons. The van der Waals surface area contributed by atoms with Crippen LogP contribution in [0, 0.1) is 22.9 Å². The largest absolute Gasteiger partial charge is 0.380 e. The highest BCUT2D eigenvalue weighted by Crippen LogP contribution is 2.35. The zero-order chi connectivity index (χ0) is 15.4. The number of halogens is 1. The normalized spacial score (nSPS) is 10.2. The summed E-state index contributed by atoms with van der Waals surface area (Å²) in [7, 11) is 0. The Labute approximate surface area is 122 Å². The van der Waals surface area contributed by atoms with Crippen molar-refractivity contribution in [3.63, 3.8) is 0 Å². The maximum atomic E-state index is 13.3. The lowest BCUT2D eigenvalue weighted by molar-refractivity contribution is -0.383. The van der Waals surface area contributed by atoms with Crippen LogP contribution in [-0.4, -0.2) is 11.5 Å². The monoisotopic (exact) mass is 289 g/mol. The number of nitro groups is 1. The van der Waals surface area contributed by atoms with Crippen LogP contribution in [0.2, 0.25) is 0 Å². The number of benzene rings is 2. The van der Waals surface area contributed by atoms with Gasteiger partial charge >= 0.3 is 5.69 Å². The molecule has 0 unspecified atom stereocenters. The highest BCUT2D eigenvalue weighted by Gasteiger charge is 2.19.